The van der Waals surface area contributed by atoms with Crippen molar-refractivity contribution in [1.29, 1.82) is 0 Å². The van der Waals surface area contributed by atoms with Gasteiger partial charge in [0.2, 0.25) is 0 Å². The molecule has 0 spiro atoms. The van der Waals surface area contributed by atoms with Crippen molar-refractivity contribution in [2.45, 2.75) is 65.6 Å². The average Bonchev–Trinajstić information content (AvgIpc) is 2.56. The molecule has 1 saturated carbocycles. The highest BCUT2D eigenvalue weighted by molar-refractivity contribution is 5.48. The van der Waals surface area contributed by atoms with Crippen molar-refractivity contribution in [2.75, 3.05) is 0 Å². The Morgan fingerprint density at radius 2 is 0.875 bits per heavy atom. The summed E-state index contributed by atoms with van der Waals surface area (Å²) in [6, 6.07) is 8.31. The van der Waals surface area contributed by atoms with Crippen molar-refractivity contribution >= 4 is 0 Å². The fraction of sp³-hybridized carbons (Fsp3) is 0.455. The molecule has 2 heteroatoms. The SMILES string of the molecule is Cc1ccc(C2C(O)C(c3ccc(C)c(C)c3C)C2O)c(C)c1C. The Morgan fingerprint density at radius 1 is 0.542 bits per heavy atom. The van der Waals surface area contributed by atoms with E-state index in [0.717, 1.165) is 11.1 Å². The van der Waals surface area contributed by atoms with Crippen LogP contribution in [0.2, 0.25) is 0 Å². The number of rotatable bonds is 2. The summed E-state index contributed by atoms with van der Waals surface area (Å²) in [7, 11) is 0. The average molecular weight is 324 g/mol. The second-order valence-electron chi connectivity index (χ2n) is 7.48. The van der Waals surface area contributed by atoms with Crippen molar-refractivity contribution in [3.63, 3.8) is 0 Å². The minimum absolute atomic E-state index is 0.199. The number of aliphatic hydroxyl groups is 2. The third-order valence-electron chi connectivity index (χ3n) is 6.39. The Kier molecular flexibility index (Phi) is 4.31. The van der Waals surface area contributed by atoms with Gasteiger partial charge in [-0.05, 0) is 86.1 Å². The second kappa shape index (κ2) is 6.02. The molecule has 2 aromatic carbocycles. The molecule has 0 radical (unpaired) electrons. The molecule has 0 unspecified atom stereocenters. The van der Waals surface area contributed by atoms with E-state index in [1.165, 1.54) is 33.4 Å². The summed E-state index contributed by atoms with van der Waals surface area (Å²) in [5, 5.41) is 21.7. The molecule has 0 amide bonds. The van der Waals surface area contributed by atoms with Gasteiger partial charge in [-0.25, -0.2) is 0 Å². The summed E-state index contributed by atoms with van der Waals surface area (Å²) in [5.41, 5.74) is 9.53. The van der Waals surface area contributed by atoms with Gasteiger partial charge in [0.1, 0.15) is 0 Å². The Morgan fingerprint density at radius 3 is 1.21 bits per heavy atom. The van der Waals surface area contributed by atoms with Crippen LogP contribution in [0.1, 0.15) is 56.3 Å². The van der Waals surface area contributed by atoms with E-state index < -0.39 is 12.2 Å². The molecule has 1 aliphatic carbocycles. The largest absolute Gasteiger partial charge is 0.392 e. The molecule has 0 saturated heterocycles. The maximum absolute atomic E-state index is 10.9. The number of aliphatic hydroxyl groups excluding tert-OH is 2. The van der Waals surface area contributed by atoms with E-state index >= 15 is 0 Å². The first kappa shape index (κ1) is 17.2. The first-order valence-electron chi connectivity index (χ1n) is 8.75. The van der Waals surface area contributed by atoms with Crippen LogP contribution < -0.4 is 0 Å². The van der Waals surface area contributed by atoms with E-state index in [1.54, 1.807) is 0 Å². The fourth-order valence-corrected chi connectivity index (χ4v) is 4.12. The highest BCUT2D eigenvalue weighted by Crippen LogP contribution is 2.50. The summed E-state index contributed by atoms with van der Waals surface area (Å²) in [5.74, 6) is -0.398. The van der Waals surface area contributed by atoms with Crippen molar-refractivity contribution in [2.24, 2.45) is 0 Å². The molecule has 0 aliphatic heterocycles. The zero-order chi connectivity index (χ0) is 17.8. The number of benzene rings is 2. The summed E-state index contributed by atoms with van der Waals surface area (Å²) in [4.78, 5) is 0. The highest BCUT2D eigenvalue weighted by Gasteiger charge is 2.51. The van der Waals surface area contributed by atoms with Crippen LogP contribution in [-0.4, -0.2) is 22.4 Å². The van der Waals surface area contributed by atoms with Gasteiger partial charge < -0.3 is 10.2 Å². The molecule has 0 atom stereocenters. The Labute approximate surface area is 145 Å². The van der Waals surface area contributed by atoms with Gasteiger partial charge in [-0.3, -0.25) is 0 Å². The van der Waals surface area contributed by atoms with Gasteiger partial charge in [0.15, 0.2) is 0 Å². The Bertz CT molecular complexity index is 716. The minimum atomic E-state index is -0.540. The van der Waals surface area contributed by atoms with Crippen LogP contribution in [0, 0.1) is 41.5 Å². The van der Waals surface area contributed by atoms with Crippen LogP contribution in [0.3, 0.4) is 0 Å². The van der Waals surface area contributed by atoms with Crippen LogP contribution in [0.4, 0.5) is 0 Å². The molecular weight excluding hydrogens is 296 g/mol. The maximum atomic E-state index is 10.9. The third kappa shape index (κ3) is 2.40. The van der Waals surface area contributed by atoms with E-state index in [0.29, 0.717) is 0 Å². The monoisotopic (exact) mass is 324 g/mol. The number of aryl methyl sites for hydroxylation is 2. The predicted molar refractivity (Wildman–Crippen MR) is 98.8 cm³/mol. The van der Waals surface area contributed by atoms with Gasteiger partial charge in [0.05, 0.1) is 12.2 Å². The predicted octanol–water partition coefficient (Wildman–Crippen LogP) is 4.14. The standard InChI is InChI=1S/C22H28O2/c1-11-7-9-17(15(5)13(11)3)19-21(23)20(22(19)24)18-10-8-12(2)14(4)16(18)6/h7-10,19-24H,1-6H3. The van der Waals surface area contributed by atoms with E-state index in [2.05, 4.69) is 65.8 Å². The number of hydrogen-bond acceptors (Lipinski definition) is 2. The van der Waals surface area contributed by atoms with E-state index in [-0.39, 0.29) is 11.8 Å². The smallest absolute Gasteiger partial charge is 0.0727 e. The Hall–Kier alpha value is -1.64. The molecule has 0 aromatic heterocycles. The lowest BCUT2D eigenvalue weighted by molar-refractivity contribution is -0.0789. The second-order valence-corrected chi connectivity index (χ2v) is 7.48. The van der Waals surface area contributed by atoms with E-state index in [1.807, 2.05) is 0 Å². The van der Waals surface area contributed by atoms with Crippen LogP contribution in [0.15, 0.2) is 24.3 Å². The summed E-state index contributed by atoms with van der Waals surface area (Å²) in [6.45, 7) is 12.6. The lowest BCUT2D eigenvalue weighted by atomic mass is 9.61. The Balaban J connectivity index is 1.96. The van der Waals surface area contributed by atoms with Crippen LogP contribution in [0.25, 0.3) is 0 Å². The van der Waals surface area contributed by atoms with Crippen molar-refractivity contribution in [1.82, 2.24) is 0 Å². The summed E-state index contributed by atoms with van der Waals surface area (Å²) < 4.78 is 0. The lowest BCUT2D eigenvalue weighted by Crippen LogP contribution is -2.52. The zero-order valence-corrected chi connectivity index (χ0v) is 15.5. The maximum Gasteiger partial charge on any atom is 0.0727 e. The molecule has 128 valence electrons. The minimum Gasteiger partial charge on any atom is -0.392 e. The van der Waals surface area contributed by atoms with Crippen molar-refractivity contribution in [3.8, 4) is 0 Å². The van der Waals surface area contributed by atoms with Gasteiger partial charge in [-0.15, -0.1) is 0 Å². The van der Waals surface area contributed by atoms with Crippen LogP contribution in [0.5, 0.6) is 0 Å². The van der Waals surface area contributed by atoms with Crippen molar-refractivity contribution < 1.29 is 10.2 Å². The molecule has 1 aliphatic rings. The normalized spacial score (nSPS) is 26.3. The van der Waals surface area contributed by atoms with Gasteiger partial charge in [-0.1, -0.05) is 24.3 Å². The first-order valence-corrected chi connectivity index (χ1v) is 8.75. The fourth-order valence-electron chi connectivity index (χ4n) is 4.12. The molecule has 1 fully saturated rings. The summed E-state index contributed by atoms with van der Waals surface area (Å²) >= 11 is 0. The van der Waals surface area contributed by atoms with Crippen LogP contribution in [-0.2, 0) is 0 Å². The molecule has 24 heavy (non-hydrogen) atoms. The van der Waals surface area contributed by atoms with E-state index in [4.69, 9.17) is 0 Å². The van der Waals surface area contributed by atoms with Gasteiger partial charge in [0, 0.05) is 11.8 Å². The molecule has 3 rings (SSSR count). The first-order chi connectivity index (χ1) is 11.3. The van der Waals surface area contributed by atoms with Gasteiger partial charge in [0.25, 0.3) is 0 Å². The van der Waals surface area contributed by atoms with Gasteiger partial charge >= 0.3 is 0 Å². The van der Waals surface area contributed by atoms with E-state index in [9.17, 15) is 10.2 Å². The third-order valence-corrected chi connectivity index (χ3v) is 6.39. The number of hydrogen-bond donors (Lipinski definition) is 2. The lowest BCUT2D eigenvalue weighted by Gasteiger charge is -2.48. The molecule has 2 nitrogen and oxygen atoms in total. The van der Waals surface area contributed by atoms with Crippen molar-refractivity contribution in [3.05, 3.63) is 68.8 Å². The zero-order valence-electron chi connectivity index (χ0n) is 15.5. The topological polar surface area (TPSA) is 40.5 Å². The summed E-state index contributed by atoms with van der Waals surface area (Å²) in [6.07, 6.45) is -1.08. The highest BCUT2D eigenvalue weighted by atomic mass is 16.3. The van der Waals surface area contributed by atoms with Gasteiger partial charge in [-0.2, -0.15) is 0 Å². The van der Waals surface area contributed by atoms with Crippen LogP contribution >= 0.6 is 0 Å². The molecule has 2 aromatic rings. The molecule has 0 bridgehead atoms. The molecular formula is C22H28O2. The molecule has 2 N–H and O–H groups in total. The quantitative estimate of drug-likeness (QED) is 0.871. The molecule has 0 heterocycles.